The van der Waals surface area contributed by atoms with Gasteiger partial charge in [-0.05, 0) is 43.2 Å². The van der Waals surface area contributed by atoms with Crippen LogP contribution in [0.25, 0.3) is 0 Å². The topological polar surface area (TPSA) is 54.9 Å². The highest BCUT2D eigenvalue weighted by atomic mass is 35.5. The van der Waals surface area contributed by atoms with Crippen molar-refractivity contribution in [1.29, 1.82) is 0 Å². The average Bonchev–Trinajstić information content (AvgIpc) is 3.20. The van der Waals surface area contributed by atoms with Crippen molar-refractivity contribution in [1.82, 2.24) is 10.6 Å². The zero-order valence-electron chi connectivity index (χ0n) is 13.5. The molecule has 1 aromatic heterocycles. The molecule has 5 nitrogen and oxygen atoms in total. The number of benzene rings is 1. The van der Waals surface area contributed by atoms with Gasteiger partial charge in [0, 0.05) is 18.0 Å². The van der Waals surface area contributed by atoms with Crippen LogP contribution in [0.3, 0.4) is 0 Å². The predicted molar refractivity (Wildman–Crippen MR) is 98.4 cm³/mol. The summed E-state index contributed by atoms with van der Waals surface area (Å²) in [5.74, 6) is 2.38. The van der Waals surface area contributed by atoms with E-state index in [-0.39, 0.29) is 0 Å². The van der Waals surface area contributed by atoms with Crippen LogP contribution in [-0.2, 0) is 13.0 Å². The molecule has 0 unspecified atom stereocenters. The molecule has 1 aliphatic heterocycles. The Bertz CT molecular complexity index is 718. The number of fused-ring (bicyclic) bond motifs is 1. The number of hydrogen-bond donors (Lipinski definition) is 2. The summed E-state index contributed by atoms with van der Waals surface area (Å²) in [7, 11) is 0. The fourth-order valence-corrected chi connectivity index (χ4v) is 3.43. The van der Waals surface area contributed by atoms with Gasteiger partial charge >= 0.3 is 0 Å². The van der Waals surface area contributed by atoms with E-state index in [0.29, 0.717) is 13.3 Å². The highest BCUT2D eigenvalue weighted by Crippen LogP contribution is 2.32. The molecule has 1 aliphatic rings. The van der Waals surface area contributed by atoms with Crippen molar-refractivity contribution in [3.8, 4) is 11.5 Å². The third-order valence-corrected chi connectivity index (χ3v) is 4.78. The van der Waals surface area contributed by atoms with E-state index in [9.17, 15) is 0 Å². The number of ether oxygens (including phenoxy) is 2. The van der Waals surface area contributed by atoms with Crippen molar-refractivity contribution in [2.24, 2.45) is 4.99 Å². The Morgan fingerprint density at radius 3 is 2.88 bits per heavy atom. The molecule has 1 aromatic carbocycles. The quantitative estimate of drug-likeness (QED) is 0.608. The van der Waals surface area contributed by atoms with Crippen molar-refractivity contribution in [2.45, 2.75) is 19.9 Å². The van der Waals surface area contributed by atoms with Gasteiger partial charge in [0.1, 0.15) is 0 Å². The molecule has 24 heavy (non-hydrogen) atoms. The Balaban J connectivity index is 1.54. The van der Waals surface area contributed by atoms with Crippen molar-refractivity contribution in [3.63, 3.8) is 0 Å². The molecule has 0 bridgehead atoms. The minimum atomic E-state index is 0.291. The molecule has 0 spiro atoms. The van der Waals surface area contributed by atoms with Crippen LogP contribution in [0.15, 0.2) is 35.3 Å². The Morgan fingerprint density at radius 2 is 2.08 bits per heavy atom. The first-order valence-electron chi connectivity index (χ1n) is 7.89. The van der Waals surface area contributed by atoms with Gasteiger partial charge in [0.25, 0.3) is 0 Å². The molecule has 128 valence electrons. The molecule has 0 fully saturated rings. The summed E-state index contributed by atoms with van der Waals surface area (Å²) in [5, 5.41) is 6.60. The maximum absolute atomic E-state index is 5.95. The van der Waals surface area contributed by atoms with Crippen LogP contribution in [0.1, 0.15) is 17.4 Å². The smallest absolute Gasteiger partial charge is 0.231 e. The summed E-state index contributed by atoms with van der Waals surface area (Å²) < 4.78 is 11.5. The highest BCUT2D eigenvalue weighted by molar-refractivity contribution is 7.16. The molecule has 0 saturated carbocycles. The molecular weight excluding hydrogens is 346 g/mol. The van der Waals surface area contributed by atoms with Gasteiger partial charge < -0.3 is 20.1 Å². The van der Waals surface area contributed by atoms with Crippen molar-refractivity contribution >= 4 is 28.9 Å². The molecule has 0 atom stereocenters. The summed E-state index contributed by atoms with van der Waals surface area (Å²) in [6, 6.07) is 9.90. The van der Waals surface area contributed by atoms with Gasteiger partial charge in [-0.3, -0.25) is 0 Å². The third kappa shape index (κ3) is 4.55. The Labute approximate surface area is 150 Å². The number of guanidine groups is 1. The molecule has 2 heterocycles. The highest BCUT2D eigenvalue weighted by Gasteiger charge is 2.12. The van der Waals surface area contributed by atoms with E-state index >= 15 is 0 Å². The van der Waals surface area contributed by atoms with Gasteiger partial charge in [-0.1, -0.05) is 17.7 Å². The molecule has 0 saturated heterocycles. The Hall–Kier alpha value is -1.92. The molecule has 0 aliphatic carbocycles. The fourth-order valence-electron chi connectivity index (χ4n) is 2.34. The van der Waals surface area contributed by atoms with Crippen LogP contribution in [0, 0.1) is 0 Å². The van der Waals surface area contributed by atoms with Gasteiger partial charge in [0.05, 0.1) is 10.9 Å². The minimum Gasteiger partial charge on any atom is -0.454 e. The number of nitrogens with one attached hydrogen (secondary N) is 2. The van der Waals surface area contributed by atoms with Crippen LogP contribution < -0.4 is 20.1 Å². The van der Waals surface area contributed by atoms with Crippen LogP contribution in [-0.4, -0.2) is 25.8 Å². The van der Waals surface area contributed by atoms with Crippen molar-refractivity contribution in [3.05, 3.63) is 45.1 Å². The fraction of sp³-hybridized carbons (Fsp3) is 0.353. The first kappa shape index (κ1) is 16.9. The molecular formula is C17H20ClN3O2S. The second-order valence-electron chi connectivity index (χ2n) is 5.27. The second kappa shape index (κ2) is 8.26. The zero-order valence-corrected chi connectivity index (χ0v) is 15.0. The lowest BCUT2D eigenvalue weighted by Gasteiger charge is -2.11. The number of halogens is 1. The zero-order chi connectivity index (χ0) is 16.8. The summed E-state index contributed by atoms with van der Waals surface area (Å²) in [4.78, 5) is 5.88. The van der Waals surface area contributed by atoms with Crippen LogP contribution in [0.5, 0.6) is 11.5 Å². The Morgan fingerprint density at radius 1 is 1.21 bits per heavy atom. The maximum Gasteiger partial charge on any atom is 0.231 e. The normalized spacial score (nSPS) is 13.2. The number of thiophene rings is 1. The van der Waals surface area contributed by atoms with Gasteiger partial charge in [-0.25, -0.2) is 4.99 Å². The largest absolute Gasteiger partial charge is 0.454 e. The lowest BCUT2D eigenvalue weighted by molar-refractivity contribution is 0.174. The third-order valence-electron chi connectivity index (χ3n) is 3.49. The average molecular weight is 366 g/mol. The molecule has 0 amide bonds. The first-order chi connectivity index (χ1) is 11.7. The van der Waals surface area contributed by atoms with E-state index in [1.54, 1.807) is 11.3 Å². The predicted octanol–water partition coefficient (Wildman–Crippen LogP) is 3.43. The molecule has 2 aromatic rings. The molecule has 3 rings (SSSR count). The first-order valence-corrected chi connectivity index (χ1v) is 9.09. The second-order valence-corrected chi connectivity index (χ2v) is 7.07. The van der Waals surface area contributed by atoms with Gasteiger partial charge in [0.15, 0.2) is 17.5 Å². The van der Waals surface area contributed by atoms with E-state index in [4.69, 9.17) is 21.1 Å². The van der Waals surface area contributed by atoms with Gasteiger partial charge in [0.2, 0.25) is 6.79 Å². The summed E-state index contributed by atoms with van der Waals surface area (Å²) in [6.07, 6.45) is 0.922. The number of aliphatic imine (C=N–C) groups is 1. The van der Waals surface area contributed by atoms with E-state index in [1.165, 1.54) is 4.88 Å². The van der Waals surface area contributed by atoms with Gasteiger partial charge in [-0.2, -0.15) is 0 Å². The van der Waals surface area contributed by atoms with Crippen LogP contribution in [0.4, 0.5) is 0 Å². The lowest BCUT2D eigenvalue weighted by atomic mass is 10.2. The number of rotatable bonds is 6. The van der Waals surface area contributed by atoms with Crippen LogP contribution >= 0.6 is 22.9 Å². The number of nitrogens with zero attached hydrogens (tertiary/aromatic N) is 1. The Kier molecular flexibility index (Phi) is 5.82. The maximum atomic E-state index is 5.95. The molecule has 2 N–H and O–H groups in total. The monoisotopic (exact) mass is 365 g/mol. The summed E-state index contributed by atoms with van der Waals surface area (Å²) in [6.45, 7) is 4.55. The SMILES string of the molecule is CCNC(=NCc1ccc2c(c1)OCO2)NCCc1ccc(Cl)s1. The summed E-state index contributed by atoms with van der Waals surface area (Å²) >= 11 is 7.57. The van der Waals surface area contributed by atoms with E-state index < -0.39 is 0 Å². The van der Waals surface area contributed by atoms with E-state index in [0.717, 1.165) is 46.9 Å². The standard InChI is InChI=1S/C17H20ClN3O2S/c1-2-19-17(20-8-7-13-4-6-16(18)24-13)21-10-12-3-5-14-15(9-12)23-11-22-14/h3-6,9H,2,7-8,10-11H2,1H3,(H2,19,20,21). The van der Waals surface area contributed by atoms with Crippen molar-refractivity contribution < 1.29 is 9.47 Å². The molecule has 0 radical (unpaired) electrons. The lowest BCUT2D eigenvalue weighted by Crippen LogP contribution is -2.38. The van der Waals surface area contributed by atoms with Gasteiger partial charge in [-0.15, -0.1) is 11.3 Å². The van der Waals surface area contributed by atoms with Crippen LogP contribution in [0.2, 0.25) is 4.34 Å². The molecule has 7 heteroatoms. The van der Waals surface area contributed by atoms with E-state index in [1.807, 2.05) is 24.3 Å². The van der Waals surface area contributed by atoms with Crippen molar-refractivity contribution in [2.75, 3.05) is 19.9 Å². The summed E-state index contributed by atoms with van der Waals surface area (Å²) in [5.41, 5.74) is 1.08. The minimum absolute atomic E-state index is 0.291. The number of hydrogen-bond acceptors (Lipinski definition) is 4. The van der Waals surface area contributed by atoms with E-state index in [2.05, 4.69) is 28.6 Å².